The van der Waals surface area contributed by atoms with E-state index in [1.165, 1.54) is 4.88 Å². The van der Waals surface area contributed by atoms with E-state index >= 15 is 0 Å². The molecule has 1 saturated heterocycles. The molecule has 84 valence electrons. The van der Waals surface area contributed by atoms with Gasteiger partial charge in [0.15, 0.2) is 0 Å². The van der Waals surface area contributed by atoms with Gasteiger partial charge in [-0.25, -0.2) is 0 Å². The lowest BCUT2D eigenvalue weighted by Gasteiger charge is -2.16. The predicted octanol–water partition coefficient (Wildman–Crippen LogP) is 3.34. The van der Waals surface area contributed by atoms with Gasteiger partial charge in [0.05, 0.1) is 6.10 Å². The maximum atomic E-state index is 6.01. The molecular formula is C11H16BrNOS. The van der Waals surface area contributed by atoms with E-state index in [0.29, 0.717) is 12.1 Å². The summed E-state index contributed by atoms with van der Waals surface area (Å²) in [4.78, 5) is 1.30. The Labute approximate surface area is 103 Å². The van der Waals surface area contributed by atoms with Crippen LogP contribution in [0.25, 0.3) is 0 Å². The molecule has 4 heteroatoms. The lowest BCUT2D eigenvalue weighted by molar-refractivity contribution is 0.00910. The van der Waals surface area contributed by atoms with E-state index in [0.717, 1.165) is 17.4 Å². The quantitative estimate of drug-likeness (QED) is 0.856. The summed E-state index contributed by atoms with van der Waals surface area (Å²) in [7, 11) is 0. The lowest BCUT2D eigenvalue weighted by atomic mass is 10.2. The van der Waals surface area contributed by atoms with Crippen molar-refractivity contribution in [3.05, 3.63) is 20.8 Å². The summed E-state index contributed by atoms with van der Waals surface area (Å²) in [6, 6.07) is 2.70. The van der Waals surface area contributed by atoms with Crippen LogP contribution in [0.1, 0.15) is 31.2 Å². The molecule has 1 aliphatic rings. The number of ether oxygens (including phenoxy) is 1. The zero-order valence-corrected chi connectivity index (χ0v) is 11.4. The zero-order chi connectivity index (χ0) is 10.8. The number of nitrogens with one attached hydrogen (secondary N) is 1. The standard InChI is InChI=1S/C11H16BrNOS/c1-7-3-8(2)14-10(5-13-7)11-4-9(12)6-15-11/h4,6-8,10,13H,3,5H2,1-2H3. The Morgan fingerprint density at radius 2 is 2.33 bits per heavy atom. The van der Waals surface area contributed by atoms with E-state index in [2.05, 4.69) is 46.5 Å². The van der Waals surface area contributed by atoms with Gasteiger partial charge in [0.2, 0.25) is 0 Å². The second-order valence-corrected chi connectivity index (χ2v) is 6.01. The molecule has 0 amide bonds. The third-order valence-corrected chi connectivity index (χ3v) is 4.42. The van der Waals surface area contributed by atoms with E-state index in [1.54, 1.807) is 11.3 Å². The summed E-state index contributed by atoms with van der Waals surface area (Å²) in [6.45, 7) is 5.28. The Bertz CT molecular complexity index is 328. The first-order valence-electron chi connectivity index (χ1n) is 5.28. The van der Waals surface area contributed by atoms with Gasteiger partial charge in [-0.15, -0.1) is 11.3 Å². The van der Waals surface area contributed by atoms with Gasteiger partial charge >= 0.3 is 0 Å². The minimum Gasteiger partial charge on any atom is -0.368 e. The Morgan fingerprint density at radius 3 is 3.00 bits per heavy atom. The normalized spacial score (nSPS) is 32.6. The third kappa shape index (κ3) is 3.03. The molecule has 1 N–H and O–H groups in total. The van der Waals surface area contributed by atoms with Gasteiger partial charge in [0, 0.05) is 27.3 Å². The van der Waals surface area contributed by atoms with Crippen LogP contribution in [0.15, 0.2) is 15.9 Å². The van der Waals surface area contributed by atoms with Crippen LogP contribution >= 0.6 is 27.3 Å². The van der Waals surface area contributed by atoms with Gasteiger partial charge in [0.1, 0.15) is 6.10 Å². The molecule has 0 radical (unpaired) electrons. The van der Waals surface area contributed by atoms with Crippen LogP contribution in [-0.2, 0) is 4.74 Å². The highest BCUT2D eigenvalue weighted by Crippen LogP contribution is 2.30. The second-order valence-electron chi connectivity index (χ2n) is 4.15. The molecule has 0 aliphatic carbocycles. The van der Waals surface area contributed by atoms with Gasteiger partial charge in [0.25, 0.3) is 0 Å². The Morgan fingerprint density at radius 1 is 1.53 bits per heavy atom. The first kappa shape index (κ1) is 11.6. The molecule has 1 aromatic rings. The Hall–Kier alpha value is 0.1000. The fraction of sp³-hybridized carbons (Fsp3) is 0.636. The first-order chi connectivity index (χ1) is 7.15. The highest BCUT2D eigenvalue weighted by molar-refractivity contribution is 9.10. The molecule has 1 aromatic heterocycles. The molecule has 0 bridgehead atoms. The van der Waals surface area contributed by atoms with Crippen molar-refractivity contribution in [2.45, 2.75) is 38.5 Å². The molecule has 3 atom stereocenters. The van der Waals surface area contributed by atoms with E-state index in [4.69, 9.17) is 4.74 Å². The van der Waals surface area contributed by atoms with Crippen molar-refractivity contribution in [3.63, 3.8) is 0 Å². The summed E-state index contributed by atoms with van der Waals surface area (Å²) in [5.74, 6) is 0. The van der Waals surface area contributed by atoms with Crippen LogP contribution in [0.4, 0.5) is 0 Å². The summed E-state index contributed by atoms with van der Waals surface area (Å²) in [5.41, 5.74) is 0. The monoisotopic (exact) mass is 289 g/mol. The van der Waals surface area contributed by atoms with Gasteiger partial charge in [-0.2, -0.15) is 0 Å². The molecular weight excluding hydrogens is 274 g/mol. The average molecular weight is 290 g/mol. The summed E-state index contributed by atoms with van der Waals surface area (Å²) >= 11 is 5.24. The number of hydrogen-bond acceptors (Lipinski definition) is 3. The number of hydrogen-bond donors (Lipinski definition) is 1. The first-order valence-corrected chi connectivity index (χ1v) is 6.95. The minimum atomic E-state index is 0.209. The van der Waals surface area contributed by atoms with E-state index in [1.807, 2.05) is 0 Å². The molecule has 0 saturated carbocycles. The summed E-state index contributed by atoms with van der Waals surface area (Å²) in [6.07, 6.45) is 1.63. The fourth-order valence-corrected chi connectivity index (χ4v) is 3.42. The summed E-state index contributed by atoms with van der Waals surface area (Å²) < 4.78 is 7.16. The van der Waals surface area contributed by atoms with Crippen molar-refractivity contribution < 1.29 is 4.74 Å². The van der Waals surface area contributed by atoms with Gasteiger partial charge in [-0.3, -0.25) is 0 Å². The van der Waals surface area contributed by atoms with Crippen molar-refractivity contribution in [1.29, 1.82) is 0 Å². The fourth-order valence-electron chi connectivity index (χ4n) is 1.94. The average Bonchev–Trinajstić information content (AvgIpc) is 2.51. The lowest BCUT2D eigenvalue weighted by Crippen LogP contribution is -2.27. The molecule has 1 aliphatic heterocycles. The van der Waals surface area contributed by atoms with Gasteiger partial charge < -0.3 is 10.1 Å². The topological polar surface area (TPSA) is 21.3 Å². The Balaban J connectivity index is 2.09. The molecule has 3 unspecified atom stereocenters. The van der Waals surface area contributed by atoms with Crippen molar-refractivity contribution >= 4 is 27.3 Å². The molecule has 0 aromatic carbocycles. The molecule has 15 heavy (non-hydrogen) atoms. The van der Waals surface area contributed by atoms with Gasteiger partial charge in [-0.05, 0) is 42.3 Å². The van der Waals surface area contributed by atoms with E-state index in [9.17, 15) is 0 Å². The molecule has 0 spiro atoms. The van der Waals surface area contributed by atoms with Crippen LogP contribution in [0.3, 0.4) is 0 Å². The largest absolute Gasteiger partial charge is 0.368 e. The highest BCUT2D eigenvalue weighted by atomic mass is 79.9. The zero-order valence-electron chi connectivity index (χ0n) is 9.00. The number of halogens is 1. The molecule has 2 nitrogen and oxygen atoms in total. The third-order valence-electron chi connectivity index (χ3n) is 2.64. The van der Waals surface area contributed by atoms with Crippen LogP contribution in [0, 0.1) is 0 Å². The van der Waals surface area contributed by atoms with Gasteiger partial charge in [-0.1, -0.05) is 0 Å². The van der Waals surface area contributed by atoms with Crippen molar-refractivity contribution in [2.75, 3.05) is 6.54 Å². The smallest absolute Gasteiger partial charge is 0.104 e. The van der Waals surface area contributed by atoms with Crippen molar-refractivity contribution in [2.24, 2.45) is 0 Å². The Kier molecular flexibility index (Phi) is 3.83. The van der Waals surface area contributed by atoms with Crippen LogP contribution in [0.2, 0.25) is 0 Å². The number of thiophene rings is 1. The molecule has 1 fully saturated rings. The van der Waals surface area contributed by atoms with Crippen molar-refractivity contribution in [1.82, 2.24) is 5.32 Å². The van der Waals surface area contributed by atoms with Crippen molar-refractivity contribution in [3.8, 4) is 0 Å². The van der Waals surface area contributed by atoms with E-state index < -0.39 is 0 Å². The van der Waals surface area contributed by atoms with E-state index in [-0.39, 0.29) is 6.10 Å². The predicted molar refractivity (Wildman–Crippen MR) is 67.4 cm³/mol. The maximum absolute atomic E-state index is 6.01. The van der Waals surface area contributed by atoms with Crippen LogP contribution in [-0.4, -0.2) is 18.7 Å². The summed E-state index contributed by atoms with van der Waals surface area (Å²) in [5, 5.41) is 5.61. The molecule has 2 heterocycles. The SMILES string of the molecule is CC1CC(C)OC(c2cc(Br)cs2)CN1. The van der Waals surface area contributed by atoms with Crippen LogP contribution < -0.4 is 5.32 Å². The minimum absolute atomic E-state index is 0.209. The highest BCUT2D eigenvalue weighted by Gasteiger charge is 2.23. The molecule has 2 rings (SSSR count). The second kappa shape index (κ2) is 4.95. The van der Waals surface area contributed by atoms with Crippen LogP contribution in [0.5, 0.6) is 0 Å². The maximum Gasteiger partial charge on any atom is 0.104 e. The number of rotatable bonds is 1.